The van der Waals surface area contributed by atoms with Crippen molar-refractivity contribution in [3.63, 3.8) is 0 Å². The Balaban J connectivity index is 1.60. The van der Waals surface area contributed by atoms with Gasteiger partial charge >= 0.3 is 0 Å². The normalized spacial score (nSPS) is 21.3. The predicted octanol–water partition coefficient (Wildman–Crippen LogP) is 2.92. The number of anilines is 1. The standard InChI is InChI=1S/C13H17Cl2N3/c14-11-7-12(15)13(16-8-11)18-5-3-17(4-6-18)9-10-1-2-10/h7-8,10H,1-6,9H2. The summed E-state index contributed by atoms with van der Waals surface area (Å²) in [6.07, 6.45) is 4.51. The summed E-state index contributed by atoms with van der Waals surface area (Å²) in [6, 6.07) is 1.77. The molecule has 1 aliphatic heterocycles. The number of aromatic nitrogens is 1. The summed E-state index contributed by atoms with van der Waals surface area (Å²) in [7, 11) is 0. The van der Waals surface area contributed by atoms with Gasteiger partial charge in [0.25, 0.3) is 0 Å². The Labute approximate surface area is 118 Å². The van der Waals surface area contributed by atoms with E-state index < -0.39 is 0 Å². The summed E-state index contributed by atoms with van der Waals surface area (Å²) in [4.78, 5) is 9.15. The van der Waals surface area contributed by atoms with Gasteiger partial charge in [-0.1, -0.05) is 23.2 Å². The largest absolute Gasteiger partial charge is 0.353 e. The highest BCUT2D eigenvalue weighted by Crippen LogP contribution is 2.31. The molecular formula is C13H17Cl2N3. The quantitative estimate of drug-likeness (QED) is 0.851. The van der Waals surface area contributed by atoms with Gasteiger partial charge in [-0.25, -0.2) is 4.98 Å². The van der Waals surface area contributed by atoms with Gasteiger partial charge < -0.3 is 4.90 Å². The summed E-state index contributed by atoms with van der Waals surface area (Å²) in [5, 5.41) is 1.24. The van der Waals surface area contributed by atoms with Crippen molar-refractivity contribution in [2.75, 3.05) is 37.6 Å². The Morgan fingerprint density at radius 2 is 1.89 bits per heavy atom. The van der Waals surface area contributed by atoms with Gasteiger partial charge in [0.15, 0.2) is 0 Å². The van der Waals surface area contributed by atoms with Crippen LogP contribution in [0.3, 0.4) is 0 Å². The Morgan fingerprint density at radius 1 is 1.17 bits per heavy atom. The van der Waals surface area contributed by atoms with Crippen LogP contribution in [0, 0.1) is 5.92 Å². The fourth-order valence-corrected chi connectivity index (χ4v) is 2.95. The second-order valence-corrected chi connectivity index (χ2v) is 6.03. The van der Waals surface area contributed by atoms with Gasteiger partial charge in [-0.15, -0.1) is 0 Å². The number of piperazine rings is 1. The first-order valence-electron chi connectivity index (χ1n) is 6.51. The number of nitrogens with zero attached hydrogens (tertiary/aromatic N) is 3. The Morgan fingerprint density at radius 3 is 2.50 bits per heavy atom. The molecule has 0 amide bonds. The smallest absolute Gasteiger partial charge is 0.147 e. The molecule has 2 fully saturated rings. The molecule has 1 saturated carbocycles. The van der Waals surface area contributed by atoms with E-state index in [9.17, 15) is 0 Å². The lowest BCUT2D eigenvalue weighted by Crippen LogP contribution is -2.47. The van der Waals surface area contributed by atoms with E-state index in [2.05, 4.69) is 14.8 Å². The van der Waals surface area contributed by atoms with Gasteiger partial charge in [0.2, 0.25) is 0 Å². The van der Waals surface area contributed by atoms with E-state index in [4.69, 9.17) is 23.2 Å². The van der Waals surface area contributed by atoms with Crippen LogP contribution in [0.15, 0.2) is 12.3 Å². The van der Waals surface area contributed by atoms with Crippen LogP contribution in [0.2, 0.25) is 10.0 Å². The lowest BCUT2D eigenvalue weighted by atomic mass is 10.2. The molecule has 1 saturated heterocycles. The van der Waals surface area contributed by atoms with Crippen molar-refractivity contribution in [2.24, 2.45) is 5.92 Å². The zero-order valence-electron chi connectivity index (χ0n) is 10.3. The first-order chi connectivity index (χ1) is 8.72. The molecule has 0 aromatic carbocycles. The summed E-state index contributed by atoms with van der Waals surface area (Å²) in [5.41, 5.74) is 0. The Kier molecular flexibility index (Phi) is 3.64. The molecule has 0 bridgehead atoms. The maximum atomic E-state index is 6.19. The second kappa shape index (κ2) is 5.24. The molecule has 0 atom stereocenters. The molecule has 1 aromatic rings. The van der Waals surface area contributed by atoms with Crippen LogP contribution < -0.4 is 4.90 Å². The average molecular weight is 286 g/mol. The van der Waals surface area contributed by atoms with Gasteiger partial charge in [-0.3, -0.25) is 4.90 Å². The number of hydrogen-bond acceptors (Lipinski definition) is 3. The number of hydrogen-bond donors (Lipinski definition) is 0. The van der Waals surface area contributed by atoms with Gasteiger partial charge in [0.05, 0.1) is 10.0 Å². The van der Waals surface area contributed by atoms with Crippen molar-refractivity contribution in [2.45, 2.75) is 12.8 Å². The van der Waals surface area contributed by atoms with Crippen molar-refractivity contribution in [1.29, 1.82) is 0 Å². The molecule has 0 spiro atoms. The molecular weight excluding hydrogens is 269 g/mol. The van der Waals surface area contributed by atoms with Crippen LogP contribution in [0.4, 0.5) is 5.82 Å². The van der Waals surface area contributed by atoms with Gasteiger partial charge in [-0.2, -0.15) is 0 Å². The molecule has 0 unspecified atom stereocenters. The highest BCUT2D eigenvalue weighted by atomic mass is 35.5. The third kappa shape index (κ3) is 2.90. The third-order valence-corrected chi connectivity index (χ3v) is 4.16. The fourth-order valence-electron chi connectivity index (χ4n) is 2.45. The summed E-state index contributed by atoms with van der Waals surface area (Å²) in [5.74, 6) is 1.83. The zero-order chi connectivity index (χ0) is 12.5. The molecule has 1 aromatic heterocycles. The molecule has 3 nitrogen and oxygen atoms in total. The minimum atomic E-state index is 0.594. The highest BCUT2D eigenvalue weighted by molar-refractivity contribution is 6.36. The number of halogens is 2. The van der Waals surface area contributed by atoms with Gasteiger partial charge in [0, 0.05) is 38.9 Å². The van der Waals surface area contributed by atoms with Crippen LogP contribution in [0.1, 0.15) is 12.8 Å². The van der Waals surface area contributed by atoms with Crippen molar-refractivity contribution >= 4 is 29.0 Å². The lowest BCUT2D eigenvalue weighted by molar-refractivity contribution is 0.247. The van der Waals surface area contributed by atoms with E-state index in [1.54, 1.807) is 12.3 Å². The molecule has 0 N–H and O–H groups in total. The number of pyridine rings is 1. The molecule has 0 radical (unpaired) electrons. The van der Waals surface area contributed by atoms with Crippen molar-refractivity contribution in [3.8, 4) is 0 Å². The SMILES string of the molecule is Clc1cnc(N2CCN(CC3CC3)CC2)c(Cl)c1. The molecule has 5 heteroatoms. The van der Waals surface area contributed by atoms with Crippen LogP contribution in [0.5, 0.6) is 0 Å². The topological polar surface area (TPSA) is 19.4 Å². The van der Waals surface area contributed by atoms with E-state index in [1.165, 1.54) is 19.4 Å². The van der Waals surface area contributed by atoms with Crippen LogP contribution in [-0.4, -0.2) is 42.6 Å². The van der Waals surface area contributed by atoms with E-state index in [-0.39, 0.29) is 0 Å². The molecule has 18 heavy (non-hydrogen) atoms. The first kappa shape index (κ1) is 12.5. The van der Waals surface area contributed by atoms with Gasteiger partial charge in [-0.05, 0) is 24.8 Å². The maximum Gasteiger partial charge on any atom is 0.147 e. The summed E-state index contributed by atoms with van der Waals surface area (Å²) >= 11 is 12.1. The lowest BCUT2D eigenvalue weighted by Gasteiger charge is -2.35. The maximum absolute atomic E-state index is 6.19. The Bertz CT molecular complexity index is 426. The zero-order valence-corrected chi connectivity index (χ0v) is 11.8. The van der Waals surface area contributed by atoms with E-state index in [0.717, 1.165) is 37.9 Å². The minimum Gasteiger partial charge on any atom is -0.353 e. The van der Waals surface area contributed by atoms with Crippen molar-refractivity contribution in [3.05, 3.63) is 22.3 Å². The van der Waals surface area contributed by atoms with Crippen LogP contribution in [0.25, 0.3) is 0 Å². The van der Waals surface area contributed by atoms with Crippen molar-refractivity contribution < 1.29 is 0 Å². The van der Waals surface area contributed by atoms with Gasteiger partial charge in [0.1, 0.15) is 5.82 Å². The van der Waals surface area contributed by atoms with E-state index in [0.29, 0.717) is 10.0 Å². The second-order valence-electron chi connectivity index (χ2n) is 5.19. The van der Waals surface area contributed by atoms with Crippen LogP contribution >= 0.6 is 23.2 Å². The summed E-state index contributed by atoms with van der Waals surface area (Å²) in [6.45, 7) is 5.49. The number of rotatable bonds is 3. The van der Waals surface area contributed by atoms with E-state index >= 15 is 0 Å². The van der Waals surface area contributed by atoms with Crippen molar-refractivity contribution in [1.82, 2.24) is 9.88 Å². The molecule has 3 rings (SSSR count). The Hall–Kier alpha value is -0.510. The third-order valence-electron chi connectivity index (χ3n) is 3.67. The predicted molar refractivity (Wildman–Crippen MR) is 75.6 cm³/mol. The first-order valence-corrected chi connectivity index (χ1v) is 7.26. The molecule has 2 aliphatic rings. The molecule has 1 aliphatic carbocycles. The molecule has 98 valence electrons. The fraction of sp³-hybridized carbons (Fsp3) is 0.615. The monoisotopic (exact) mass is 285 g/mol. The summed E-state index contributed by atoms with van der Waals surface area (Å²) < 4.78 is 0. The minimum absolute atomic E-state index is 0.594. The molecule has 2 heterocycles. The van der Waals surface area contributed by atoms with E-state index in [1.807, 2.05) is 0 Å². The average Bonchev–Trinajstić information content (AvgIpc) is 3.15. The highest BCUT2D eigenvalue weighted by Gasteiger charge is 2.27. The van der Waals surface area contributed by atoms with Crippen LogP contribution in [-0.2, 0) is 0 Å².